The molecular formula is C15H24N2O2. The summed E-state index contributed by atoms with van der Waals surface area (Å²) in [6, 6.07) is 7.20. The Labute approximate surface area is 115 Å². The van der Waals surface area contributed by atoms with Gasteiger partial charge in [-0.1, -0.05) is 26.0 Å². The van der Waals surface area contributed by atoms with E-state index in [0.717, 1.165) is 18.4 Å². The van der Waals surface area contributed by atoms with Crippen molar-refractivity contribution >= 4 is 6.03 Å². The number of carbonyl (C=O) groups excluding carboxylic acids is 1. The molecule has 0 saturated carbocycles. The minimum Gasteiger partial charge on any atom is -0.508 e. The van der Waals surface area contributed by atoms with Crippen LogP contribution in [0.25, 0.3) is 0 Å². The number of rotatable bonds is 6. The number of nitrogens with one attached hydrogen (secondary N) is 2. The van der Waals surface area contributed by atoms with Crippen LogP contribution in [0.5, 0.6) is 5.75 Å². The SMILES string of the molecule is CC(C)CNC(=O)NC(C)CCc1ccc(O)cc1. The summed E-state index contributed by atoms with van der Waals surface area (Å²) in [5.74, 6) is 0.737. The average Bonchev–Trinajstić information content (AvgIpc) is 2.36. The van der Waals surface area contributed by atoms with Gasteiger partial charge in [-0.2, -0.15) is 0 Å². The Bertz CT molecular complexity index is 388. The molecule has 4 heteroatoms. The lowest BCUT2D eigenvalue weighted by molar-refractivity contribution is 0.236. The van der Waals surface area contributed by atoms with Crippen molar-refractivity contribution in [2.24, 2.45) is 5.92 Å². The summed E-state index contributed by atoms with van der Waals surface area (Å²) in [7, 11) is 0. The molecule has 0 spiro atoms. The average molecular weight is 264 g/mol. The van der Waals surface area contributed by atoms with Gasteiger partial charge in [0.25, 0.3) is 0 Å². The standard InChI is InChI=1S/C15H24N2O2/c1-11(2)10-16-15(19)17-12(3)4-5-13-6-8-14(18)9-7-13/h6-9,11-12,18H,4-5,10H2,1-3H3,(H2,16,17,19). The molecule has 0 aromatic heterocycles. The summed E-state index contributed by atoms with van der Waals surface area (Å²) in [6.45, 7) is 6.81. The Hall–Kier alpha value is -1.71. The van der Waals surface area contributed by atoms with Crippen LogP contribution in [0.4, 0.5) is 4.79 Å². The van der Waals surface area contributed by atoms with Crippen LogP contribution in [0.15, 0.2) is 24.3 Å². The van der Waals surface area contributed by atoms with Gasteiger partial charge < -0.3 is 15.7 Å². The first-order valence-electron chi connectivity index (χ1n) is 6.79. The number of hydrogen-bond acceptors (Lipinski definition) is 2. The summed E-state index contributed by atoms with van der Waals surface area (Å²) in [5, 5.41) is 14.9. The molecule has 1 rings (SSSR count). The summed E-state index contributed by atoms with van der Waals surface area (Å²) < 4.78 is 0. The summed E-state index contributed by atoms with van der Waals surface area (Å²) in [4.78, 5) is 11.6. The molecule has 2 amide bonds. The fourth-order valence-electron chi connectivity index (χ4n) is 1.69. The second-order valence-electron chi connectivity index (χ2n) is 5.35. The molecule has 0 aliphatic heterocycles. The number of aromatic hydroxyl groups is 1. The van der Waals surface area contributed by atoms with Gasteiger partial charge in [-0.05, 0) is 43.4 Å². The highest BCUT2D eigenvalue weighted by Crippen LogP contribution is 2.11. The van der Waals surface area contributed by atoms with Crippen LogP contribution in [-0.4, -0.2) is 23.7 Å². The number of amides is 2. The Morgan fingerprint density at radius 1 is 1.21 bits per heavy atom. The van der Waals surface area contributed by atoms with E-state index in [2.05, 4.69) is 24.5 Å². The van der Waals surface area contributed by atoms with Crippen molar-refractivity contribution in [3.8, 4) is 5.75 Å². The molecule has 4 nitrogen and oxygen atoms in total. The van der Waals surface area contributed by atoms with Crippen LogP contribution in [0.3, 0.4) is 0 Å². The predicted octanol–water partition coefficient (Wildman–Crippen LogP) is 2.67. The highest BCUT2D eigenvalue weighted by molar-refractivity contribution is 5.74. The van der Waals surface area contributed by atoms with Crippen LogP contribution >= 0.6 is 0 Å². The third kappa shape index (κ3) is 6.70. The fraction of sp³-hybridized carbons (Fsp3) is 0.533. The van der Waals surface area contributed by atoms with Crippen molar-refractivity contribution in [1.82, 2.24) is 10.6 Å². The highest BCUT2D eigenvalue weighted by Gasteiger charge is 2.07. The Morgan fingerprint density at radius 2 is 1.84 bits per heavy atom. The molecule has 0 heterocycles. The molecule has 0 aliphatic carbocycles. The summed E-state index contributed by atoms with van der Waals surface area (Å²) >= 11 is 0. The normalized spacial score (nSPS) is 12.2. The molecular weight excluding hydrogens is 240 g/mol. The molecule has 0 aliphatic rings. The molecule has 19 heavy (non-hydrogen) atoms. The van der Waals surface area contributed by atoms with E-state index in [0.29, 0.717) is 12.5 Å². The Morgan fingerprint density at radius 3 is 2.42 bits per heavy atom. The van der Waals surface area contributed by atoms with Gasteiger partial charge in [-0.15, -0.1) is 0 Å². The first-order chi connectivity index (χ1) is 8.97. The molecule has 0 bridgehead atoms. The highest BCUT2D eigenvalue weighted by atomic mass is 16.3. The van der Waals surface area contributed by atoms with E-state index >= 15 is 0 Å². The lowest BCUT2D eigenvalue weighted by Gasteiger charge is -2.15. The number of benzene rings is 1. The van der Waals surface area contributed by atoms with E-state index in [9.17, 15) is 9.90 Å². The minimum absolute atomic E-state index is 0.105. The van der Waals surface area contributed by atoms with E-state index in [1.165, 1.54) is 0 Å². The van der Waals surface area contributed by atoms with E-state index < -0.39 is 0 Å². The van der Waals surface area contributed by atoms with Gasteiger partial charge in [0.1, 0.15) is 5.75 Å². The maximum absolute atomic E-state index is 11.6. The Kier molecular flexibility index (Phi) is 6.19. The van der Waals surface area contributed by atoms with Gasteiger partial charge in [-0.25, -0.2) is 4.79 Å². The Balaban J connectivity index is 2.25. The number of phenols is 1. The van der Waals surface area contributed by atoms with E-state index in [-0.39, 0.29) is 17.8 Å². The smallest absolute Gasteiger partial charge is 0.315 e. The van der Waals surface area contributed by atoms with Crippen LogP contribution in [0.2, 0.25) is 0 Å². The van der Waals surface area contributed by atoms with Crippen molar-refractivity contribution in [2.45, 2.75) is 39.7 Å². The van der Waals surface area contributed by atoms with Crippen LogP contribution in [-0.2, 0) is 6.42 Å². The fourth-order valence-corrected chi connectivity index (χ4v) is 1.69. The lowest BCUT2D eigenvalue weighted by Crippen LogP contribution is -2.42. The molecule has 3 N–H and O–H groups in total. The van der Waals surface area contributed by atoms with Crippen molar-refractivity contribution in [1.29, 1.82) is 0 Å². The zero-order valence-electron chi connectivity index (χ0n) is 11.9. The maximum Gasteiger partial charge on any atom is 0.315 e. The second kappa shape index (κ2) is 7.67. The van der Waals surface area contributed by atoms with Gasteiger partial charge in [0, 0.05) is 12.6 Å². The van der Waals surface area contributed by atoms with Crippen molar-refractivity contribution in [3.63, 3.8) is 0 Å². The van der Waals surface area contributed by atoms with Crippen LogP contribution in [0.1, 0.15) is 32.8 Å². The zero-order valence-corrected chi connectivity index (χ0v) is 11.9. The first kappa shape index (κ1) is 15.3. The van der Waals surface area contributed by atoms with Gasteiger partial charge in [0.05, 0.1) is 0 Å². The predicted molar refractivity (Wildman–Crippen MR) is 77.3 cm³/mol. The van der Waals surface area contributed by atoms with Crippen molar-refractivity contribution < 1.29 is 9.90 Å². The van der Waals surface area contributed by atoms with Gasteiger partial charge >= 0.3 is 6.03 Å². The molecule has 1 unspecified atom stereocenters. The molecule has 1 aromatic rings. The van der Waals surface area contributed by atoms with Crippen molar-refractivity contribution in [2.75, 3.05) is 6.54 Å². The topological polar surface area (TPSA) is 61.4 Å². The first-order valence-corrected chi connectivity index (χ1v) is 6.79. The largest absolute Gasteiger partial charge is 0.508 e. The summed E-state index contributed by atoms with van der Waals surface area (Å²) in [5.41, 5.74) is 1.16. The van der Waals surface area contributed by atoms with E-state index in [4.69, 9.17) is 0 Å². The third-order valence-corrected chi connectivity index (χ3v) is 2.85. The maximum atomic E-state index is 11.6. The third-order valence-electron chi connectivity index (χ3n) is 2.85. The number of urea groups is 1. The quantitative estimate of drug-likeness (QED) is 0.739. The second-order valence-corrected chi connectivity index (χ2v) is 5.35. The van der Waals surface area contributed by atoms with E-state index in [1.54, 1.807) is 12.1 Å². The van der Waals surface area contributed by atoms with Gasteiger partial charge in [0.15, 0.2) is 0 Å². The zero-order chi connectivity index (χ0) is 14.3. The molecule has 0 saturated heterocycles. The van der Waals surface area contributed by atoms with Crippen LogP contribution in [0, 0.1) is 5.92 Å². The monoisotopic (exact) mass is 264 g/mol. The molecule has 1 atom stereocenters. The number of hydrogen-bond donors (Lipinski definition) is 3. The lowest BCUT2D eigenvalue weighted by atomic mass is 10.1. The molecule has 0 fully saturated rings. The number of phenolic OH excluding ortho intramolecular Hbond substituents is 1. The minimum atomic E-state index is -0.105. The van der Waals surface area contributed by atoms with Gasteiger partial charge in [-0.3, -0.25) is 0 Å². The van der Waals surface area contributed by atoms with E-state index in [1.807, 2.05) is 19.1 Å². The number of carbonyl (C=O) groups is 1. The number of aryl methyl sites for hydroxylation is 1. The van der Waals surface area contributed by atoms with Crippen LogP contribution < -0.4 is 10.6 Å². The summed E-state index contributed by atoms with van der Waals surface area (Å²) in [6.07, 6.45) is 1.76. The molecule has 0 radical (unpaired) electrons. The molecule has 1 aromatic carbocycles. The van der Waals surface area contributed by atoms with Gasteiger partial charge in [0.2, 0.25) is 0 Å². The van der Waals surface area contributed by atoms with Crippen molar-refractivity contribution in [3.05, 3.63) is 29.8 Å². The molecule has 106 valence electrons.